The highest BCUT2D eigenvalue weighted by molar-refractivity contribution is 5.76. The van der Waals surface area contributed by atoms with E-state index >= 15 is 0 Å². The molecule has 0 spiro atoms. The van der Waals surface area contributed by atoms with Crippen LogP contribution < -0.4 is 9.64 Å². The lowest BCUT2D eigenvalue weighted by atomic mass is 10.1. The standard InChI is InChI=1S/C19H29N3O3/c1-3-24-18-6-4-5-17(20-18)21-11-13-22(14-12-21)19(23)10-9-16-8-7-15(2)25-16/h4-6,15-16H,3,7-14H2,1-2H3. The largest absolute Gasteiger partial charge is 0.478 e. The maximum atomic E-state index is 12.4. The fourth-order valence-corrected chi connectivity index (χ4v) is 3.53. The van der Waals surface area contributed by atoms with Crippen molar-refractivity contribution in [3.63, 3.8) is 0 Å². The Labute approximate surface area is 150 Å². The first kappa shape index (κ1) is 18.0. The first-order valence-corrected chi connectivity index (χ1v) is 9.43. The molecule has 2 atom stereocenters. The Balaban J connectivity index is 1.45. The lowest BCUT2D eigenvalue weighted by Gasteiger charge is -2.35. The van der Waals surface area contributed by atoms with Crippen molar-refractivity contribution in [2.24, 2.45) is 0 Å². The fraction of sp³-hybridized carbons (Fsp3) is 0.684. The fourth-order valence-electron chi connectivity index (χ4n) is 3.53. The van der Waals surface area contributed by atoms with Crippen molar-refractivity contribution in [1.29, 1.82) is 0 Å². The highest BCUT2D eigenvalue weighted by Gasteiger charge is 2.25. The molecule has 0 bridgehead atoms. The van der Waals surface area contributed by atoms with E-state index in [1.165, 1.54) is 0 Å². The van der Waals surface area contributed by atoms with Crippen molar-refractivity contribution in [2.45, 2.75) is 51.7 Å². The Bertz CT molecular complexity index is 573. The summed E-state index contributed by atoms with van der Waals surface area (Å²) in [6, 6.07) is 5.84. The van der Waals surface area contributed by atoms with Gasteiger partial charge in [-0.1, -0.05) is 6.07 Å². The van der Waals surface area contributed by atoms with E-state index in [2.05, 4.69) is 16.8 Å². The summed E-state index contributed by atoms with van der Waals surface area (Å²) < 4.78 is 11.3. The molecule has 0 N–H and O–H groups in total. The van der Waals surface area contributed by atoms with Crippen molar-refractivity contribution >= 4 is 11.7 Å². The molecule has 1 aromatic heterocycles. The quantitative estimate of drug-likeness (QED) is 0.791. The summed E-state index contributed by atoms with van der Waals surface area (Å²) in [5, 5.41) is 0. The number of carbonyl (C=O) groups excluding carboxylic acids is 1. The van der Waals surface area contributed by atoms with Crippen LogP contribution in [0.15, 0.2) is 18.2 Å². The number of anilines is 1. The normalized spacial score (nSPS) is 23.8. The molecule has 25 heavy (non-hydrogen) atoms. The summed E-state index contributed by atoms with van der Waals surface area (Å²) in [7, 11) is 0. The van der Waals surface area contributed by atoms with Crippen LogP contribution in [0.3, 0.4) is 0 Å². The maximum absolute atomic E-state index is 12.4. The summed E-state index contributed by atoms with van der Waals surface area (Å²) in [5.74, 6) is 1.83. The second-order valence-electron chi connectivity index (χ2n) is 6.82. The maximum Gasteiger partial charge on any atom is 0.222 e. The third-order valence-corrected chi connectivity index (χ3v) is 4.96. The van der Waals surface area contributed by atoms with E-state index in [0.717, 1.165) is 51.3 Å². The van der Waals surface area contributed by atoms with Gasteiger partial charge in [-0.2, -0.15) is 4.98 Å². The highest BCUT2D eigenvalue weighted by atomic mass is 16.5. The van der Waals surface area contributed by atoms with Crippen LogP contribution in [0, 0.1) is 0 Å². The van der Waals surface area contributed by atoms with Gasteiger partial charge in [0.25, 0.3) is 0 Å². The topological polar surface area (TPSA) is 54.9 Å². The molecule has 2 saturated heterocycles. The van der Waals surface area contributed by atoms with Crippen LogP contribution in [0.2, 0.25) is 0 Å². The molecule has 2 fully saturated rings. The molecule has 1 amide bonds. The van der Waals surface area contributed by atoms with Crippen LogP contribution in [0.5, 0.6) is 5.88 Å². The van der Waals surface area contributed by atoms with Crippen LogP contribution in [0.25, 0.3) is 0 Å². The number of amides is 1. The van der Waals surface area contributed by atoms with Gasteiger partial charge in [0.15, 0.2) is 0 Å². The number of piperazine rings is 1. The van der Waals surface area contributed by atoms with E-state index < -0.39 is 0 Å². The van der Waals surface area contributed by atoms with Crippen molar-refractivity contribution in [3.8, 4) is 5.88 Å². The predicted molar refractivity (Wildman–Crippen MR) is 97.0 cm³/mol. The molecule has 0 aliphatic carbocycles. The number of rotatable bonds is 6. The van der Waals surface area contributed by atoms with E-state index in [-0.39, 0.29) is 12.0 Å². The van der Waals surface area contributed by atoms with Crippen molar-refractivity contribution in [2.75, 3.05) is 37.7 Å². The van der Waals surface area contributed by atoms with E-state index in [1.807, 2.05) is 30.0 Å². The third kappa shape index (κ3) is 4.84. The summed E-state index contributed by atoms with van der Waals surface area (Å²) in [6.07, 6.45) is 4.26. The zero-order valence-electron chi connectivity index (χ0n) is 15.3. The van der Waals surface area contributed by atoms with E-state index in [4.69, 9.17) is 9.47 Å². The van der Waals surface area contributed by atoms with Gasteiger partial charge in [-0.25, -0.2) is 0 Å². The molecule has 0 radical (unpaired) electrons. The molecular formula is C19H29N3O3. The van der Waals surface area contributed by atoms with Crippen molar-refractivity contribution < 1.29 is 14.3 Å². The first-order valence-electron chi connectivity index (χ1n) is 9.43. The minimum Gasteiger partial charge on any atom is -0.478 e. The molecule has 2 aliphatic heterocycles. The molecule has 0 aromatic carbocycles. The predicted octanol–water partition coefficient (Wildman–Crippen LogP) is 2.48. The highest BCUT2D eigenvalue weighted by Crippen LogP contribution is 2.23. The smallest absolute Gasteiger partial charge is 0.222 e. The van der Waals surface area contributed by atoms with Gasteiger partial charge in [-0.05, 0) is 39.2 Å². The van der Waals surface area contributed by atoms with Crippen molar-refractivity contribution in [3.05, 3.63) is 18.2 Å². The number of aromatic nitrogens is 1. The van der Waals surface area contributed by atoms with Gasteiger partial charge in [0, 0.05) is 38.7 Å². The third-order valence-electron chi connectivity index (χ3n) is 4.96. The van der Waals surface area contributed by atoms with E-state index in [1.54, 1.807) is 0 Å². The molecule has 3 heterocycles. The summed E-state index contributed by atoms with van der Waals surface area (Å²) in [4.78, 5) is 21.2. The van der Waals surface area contributed by atoms with Crippen LogP contribution in [-0.2, 0) is 9.53 Å². The monoisotopic (exact) mass is 347 g/mol. The molecule has 6 heteroatoms. The number of hydrogen-bond donors (Lipinski definition) is 0. The van der Waals surface area contributed by atoms with Crippen molar-refractivity contribution in [1.82, 2.24) is 9.88 Å². The lowest BCUT2D eigenvalue weighted by molar-refractivity contribution is -0.132. The Kier molecular flexibility index (Phi) is 6.13. The van der Waals surface area contributed by atoms with Crippen LogP contribution in [-0.4, -0.2) is 60.8 Å². The van der Waals surface area contributed by atoms with E-state index in [9.17, 15) is 4.79 Å². The minimum atomic E-state index is 0.249. The average molecular weight is 347 g/mol. The zero-order chi connectivity index (χ0) is 17.6. The van der Waals surface area contributed by atoms with Gasteiger partial charge in [0.1, 0.15) is 5.82 Å². The second kappa shape index (κ2) is 8.52. The van der Waals surface area contributed by atoms with Crippen LogP contribution >= 0.6 is 0 Å². The Morgan fingerprint density at radius 1 is 1.28 bits per heavy atom. The number of carbonyl (C=O) groups is 1. The van der Waals surface area contributed by atoms with Gasteiger partial charge in [-0.15, -0.1) is 0 Å². The Hall–Kier alpha value is -1.82. The molecule has 0 saturated carbocycles. The number of pyridine rings is 1. The zero-order valence-corrected chi connectivity index (χ0v) is 15.3. The average Bonchev–Trinajstić information content (AvgIpc) is 3.06. The van der Waals surface area contributed by atoms with Gasteiger partial charge in [0.2, 0.25) is 11.8 Å². The van der Waals surface area contributed by atoms with Gasteiger partial charge in [0.05, 0.1) is 18.8 Å². The lowest BCUT2D eigenvalue weighted by Crippen LogP contribution is -2.49. The second-order valence-corrected chi connectivity index (χ2v) is 6.82. The SMILES string of the molecule is CCOc1cccc(N2CCN(C(=O)CCC3CCC(C)O3)CC2)n1. The van der Waals surface area contributed by atoms with Crippen LogP contribution in [0.4, 0.5) is 5.82 Å². The molecule has 3 rings (SSSR count). The minimum absolute atomic E-state index is 0.249. The molecule has 6 nitrogen and oxygen atoms in total. The number of nitrogens with zero attached hydrogens (tertiary/aromatic N) is 3. The van der Waals surface area contributed by atoms with Crippen LogP contribution in [0.1, 0.15) is 39.5 Å². The number of hydrogen-bond acceptors (Lipinski definition) is 5. The summed E-state index contributed by atoms with van der Waals surface area (Å²) in [6.45, 7) is 7.80. The molecule has 2 aliphatic rings. The number of ether oxygens (including phenoxy) is 2. The molecule has 138 valence electrons. The Morgan fingerprint density at radius 2 is 2.08 bits per heavy atom. The Morgan fingerprint density at radius 3 is 2.76 bits per heavy atom. The van der Waals surface area contributed by atoms with E-state index in [0.29, 0.717) is 25.0 Å². The van der Waals surface area contributed by atoms with Gasteiger partial charge in [-0.3, -0.25) is 4.79 Å². The first-order chi connectivity index (χ1) is 12.2. The molecule has 2 unspecified atom stereocenters. The van der Waals surface area contributed by atoms with Gasteiger partial charge >= 0.3 is 0 Å². The summed E-state index contributed by atoms with van der Waals surface area (Å²) in [5.41, 5.74) is 0. The molecule has 1 aromatic rings. The summed E-state index contributed by atoms with van der Waals surface area (Å²) >= 11 is 0. The van der Waals surface area contributed by atoms with Gasteiger partial charge < -0.3 is 19.3 Å². The molecular weight excluding hydrogens is 318 g/mol.